The van der Waals surface area contributed by atoms with Gasteiger partial charge in [0.2, 0.25) is 5.91 Å². The fourth-order valence-electron chi connectivity index (χ4n) is 3.97. The lowest BCUT2D eigenvalue weighted by atomic mass is 9.99. The number of hydrogen-bond donors (Lipinski definition) is 0. The van der Waals surface area contributed by atoms with E-state index in [0.717, 1.165) is 49.8 Å². The van der Waals surface area contributed by atoms with Crippen LogP contribution in [0.3, 0.4) is 0 Å². The molecular formula is C22H25N3O. The molecule has 0 saturated carbocycles. The highest BCUT2D eigenvalue weighted by atomic mass is 16.2. The van der Waals surface area contributed by atoms with E-state index >= 15 is 0 Å². The van der Waals surface area contributed by atoms with Gasteiger partial charge in [0.05, 0.1) is 11.0 Å². The maximum atomic E-state index is 11.6. The number of carbonyl (C=O) groups is 1. The minimum absolute atomic E-state index is 0.341. The number of nitrogens with zero attached hydrogens (tertiary/aromatic N) is 3. The number of carbonyl (C=O) groups excluding carboxylic acids is 1. The second-order valence-corrected chi connectivity index (χ2v) is 7.16. The van der Waals surface area contributed by atoms with E-state index in [-0.39, 0.29) is 0 Å². The molecule has 0 bridgehead atoms. The van der Waals surface area contributed by atoms with E-state index in [1.165, 1.54) is 35.6 Å². The fraction of sp³-hybridized carbons (Fsp3) is 0.409. The molecule has 4 heteroatoms. The van der Waals surface area contributed by atoms with Gasteiger partial charge in [-0.2, -0.15) is 0 Å². The number of hydrogen-bond acceptors (Lipinski definition) is 3. The van der Waals surface area contributed by atoms with Crippen molar-refractivity contribution in [2.45, 2.75) is 44.9 Å². The Kier molecular flexibility index (Phi) is 5.09. The number of aromatic nitrogens is 2. The summed E-state index contributed by atoms with van der Waals surface area (Å²) in [5.74, 6) is 0.341. The highest BCUT2D eigenvalue weighted by molar-refractivity contribution is 6.04. The molecule has 1 aromatic carbocycles. The Morgan fingerprint density at radius 3 is 2.62 bits per heavy atom. The van der Waals surface area contributed by atoms with Crippen molar-refractivity contribution < 1.29 is 4.79 Å². The molecule has 0 atom stereocenters. The van der Waals surface area contributed by atoms with Gasteiger partial charge in [0.15, 0.2) is 0 Å². The molecule has 4 nitrogen and oxygen atoms in total. The monoisotopic (exact) mass is 347 g/mol. The van der Waals surface area contributed by atoms with Gasteiger partial charge in [-0.15, -0.1) is 0 Å². The molecule has 0 aliphatic carbocycles. The zero-order valence-corrected chi connectivity index (χ0v) is 15.2. The second kappa shape index (κ2) is 7.81. The SMILES string of the molecule is O=C1CCCN1CCCCCCc1cc2cccnc2c2ncccc12. The zero-order chi connectivity index (χ0) is 17.8. The van der Waals surface area contributed by atoms with Crippen LogP contribution in [0.1, 0.15) is 44.1 Å². The topological polar surface area (TPSA) is 46.1 Å². The summed E-state index contributed by atoms with van der Waals surface area (Å²) in [6.45, 7) is 1.90. The quantitative estimate of drug-likeness (QED) is 0.467. The first-order valence-electron chi connectivity index (χ1n) is 9.72. The highest BCUT2D eigenvalue weighted by Gasteiger charge is 2.18. The van der Waals surface area contributed by atoms with Crippen LogP contribution in [0, 0.1) is 0 Å². The van der Waals surface area contributed by atoms with Gasteiger partial charge >= 0.3 is 0 Å². The van der Waals surface area contributed by atoms with Crippen LogP contribution in [-0.2, 0) is 11.2 Å². The second-order valence-electron chi connectivity index (χ2n) is 7.16. The number of likely N-dealkylation sites (tertiary alicyclic amines) is 1. The van der Waals surface area contributed by atoms with Crippen LogP contribution in [0.4, 0.5) is 0 Å². The number of pyridine rings is 2. The van der Waals surface area contributed by atoms with Crippen LogP contribution in [0.5, 0.6) is 0 Å². The van der Waals surface area contributed by atoms with Crippen LogP contribution in [0.15, 0.2) is 42.7 Å². The van der Waals surface area contributed by atoms with Crippen molar-refractivity contribution in [3.05, 3.63) is 48.3 Å². The fourth-order valence-corrected chi connectivity index (χ4v) is 3.97. The summed E-state index contributed by atoms with van der Waals surface area (Å²) in [5.41, 5.74) is 3.36. The van der Waals surface area contributed by atoms with Gasteiger partial charge in [0.25, 0.3) is 0 Å². The summed E-state index contributed by atoms with van der Waals surface area (Å²) < 4.78 is 0. The molecule has 134 valence electrons. The summed E-state index contributed by atoms with van der Waals surface area (Å²) >= 11 is 0. The van der Waals surface area contributed by atoms with Crippen molar-refractivity contribution in [3.63, 3.8) is 0 Å². The molecular weight excluding hydrogens is 322 g/mol. The van der Waals surface area contributed by atoms with Crippen LogP contribution in [0.2, 0.25) is 0 Å². The van der Waals surface area contributed by atoms with Crippen molar-refractivity contribution in [3.8, 4) is 0 Å². The Hall–Kier alpha value is -2.49. The van der Waals surface area contributed by atoms with Gasteiger partial charge < -0.3 is 4.90 Å². The number of unbranched alkanes of at least 4 members (excludes halogenated alkanes) is 3. The molecule has 0 N–H and O–H groups in total. The van der Waals surface area contributed by atoms with E-state index in [0.29, 0.717) is 5.91 Å². The number of amides is 1. The number of fused-ring (bicyclic) bond motifs is 3. The largest absolute Gasteiger partial charge is 0.343 e. The van der Waals surface area contributed by atoms with E-state index in [4.69, 9.17) is 0 Å². The van der Waals surface area contributed by atoms with Crippen molar-refractivity contribution in [2.75, 3.05) is 13.1 Å². The third-order valence-electron chi connectivity index (χ3n) is 5.34. The van der Waals surface area contributed by atoms with Gasteiger partial charge in [0.1, 0.15) is 0 Å². The maximum Gasteiger partial charge on any atom is 0.222 e. The first kappa shape index (κ1) is 17.0. The molecule has 26 heavy (non-hydrogen) atoms. The molecule has 1 saturated heterocycles. The first-order valence-corrected chi connectivity index (χ1v) is 9.72. The van der Waals surface area contributed by atoms with Gasteiger partial charge in [-0.3, -0.25) is 14.8 Å². The number of aryl methyl sites for hydroxylation is 1. The lowest BCUT2D eigenvalue weighted by Crippen LogP contribution is -2.25. The summed E-state index contributed by atoms with van der Waals surface area (Å²) in [7, 11) is 0. The predicted molar refractivity (Wildman–Crippen MR) is 105 cm³/mol. The normalized spacial score (nSPS) is 14.6. The van der Waals surface area contributed by atoms with Crippen molar-refractivity contribution in [1.29, 1.82) is 0 Å². The molecule has 1 fully saturated rings. The third-order valence-corrected chi connectivity index (χ3v) is 5.34. The van der Waals surface area contributed by atoms with Crippen molar-refractivity contribution in [2.24, 2.45) is 0 Å². The van der Waals surface area contributed by atoms with Gasteiger partial charge in [-0.1, -0.05) is 25.0 Å². The minimum atomic E-state index is 0.341. The summed E-state index contributed by atoms with van der Waals surface area (Å²) in [5, 5.41) is 2.39. The maximum absolute atomic E-state index is 11.6. The van der Waals surface area contributed by atoms with Crippen LogP contribution in [0.25, 0.3) is 21.8 Å². The van der Waals surface area contributed by atoms with E-state index < -0.39 is 0 Å². The Balaban J connectivity index is 1.37. The Labute approximate surface area is 154 Å². The zero-order valence-electron chi connectivity index (χ0n) is 15.2. The summed E-state index contributed by atoms with van der Waals surface area (Å²) in [6.07, 6.45) is 11.2. The third kappa shape index (κ3) is 3.55. The lowest BCUT2D eigenvalue weighted by molar-refractivity contribution is -0.127. The van der Waals surface area contributed by atoms with Crippen molar-refractivity contribution in [1.82, 2.24) is 14.9 Å². The highest BCUT2D eigenvalue weighted by Crippen LogP contribution is 2.27. The van der Waals surface area contributed by atoms with E-state index in [1.54, 1.807) is 0 Å². The number of rotatable bonds is 7. The van der Waals surface area contributed by atoms with Crippen LogP contribution < -0.4 is 0 Å². The van der Waals surface area contributed by atoms with E-state index in [9.17, 15) is 4.79 Å². The number of benzene rings is 1. The van der Waals surface area contributed by atoms with E-state index in [2.05, 4.69) is 28.2 Å². The molecule has 3 aromatic rings. The Morgan fingerprint density at radius 1 is 0.962 bits per heavy atom. The smallest absolute Gasteiger partial charge is 0.222 e. The average Bonchev–Trinajstić information content (AvgIpc) is 3.09. The first-order chi connectivity index (χ1) is 12.8. The summed E-state index contributed by atoms with van der Waals surface area (Å²) in [6, 6.07) is 10.5. The van der Waals surface area contributed by atoms with Gasteiger partial charge in [0, 0.05) is 42.7 Å². The Morgan fingerprint density at radius 2 is 1.77 bits per heavy atom. The lowest BCUT2D eigenvalue weighted by Gasteiger charge is -2.15. The van der Waals surface area contributed by atoms with Gasteiger partial charge in [-0.05, 0) is 49.4 Å². The molecule has 0 radical (unpaired) electrons. The Bertz CT molecular complexity index is 922. The minimum Gasteiger partial charge on any atom is -0.343 e. The van der Waals surface area contributed by atoms with E-state index in [1.807, 2.05) is 29.4 Å². The average molecular weight is 347 g/mol. The molecule has 1 amide bonds. The predicted octanol–water partition coefficient (Wildman–Crippen LogP) is 4.51. The van der Waals surface area contributed by atoms with Gasteiger partial charge in [-0.25, -0.2) is 0 Å². The van der Waals surface area contributed by atoms with Crippen LogP contribution >= 0.6 is 0 Å². The molecule has 2 aromatic heterocycles. The van der Waals surface area contributed by atoms with Crippen molar-refractivity contribution >= 4 is 27.7 Å². The molecule has 1 aliphatic heterocycles. The molecule has 1 aliphatic rings. The molecule has 0 spiro atoms. The molecule has 4 rings (SSSR count). The molecule has 3 heterocycles. The standard InChI is InChI=1S/C22H25N3O/c26-20-11-7-15-25(20)14-4-2-1-3-8-17-16-18-9-5-12-23-21(18)22-19(17)10-6-13-24-22/h5-6,9-10,12-13,16H,1-4,7-8,11,14-15H2. The molecule has 0 unspecified atom stereocenters. The summed E-state index contributed by atoms with van der Waals surface area (Å²) in [4.78, 5) is 22.7. The van der Waals surface area contributed by atoms with Crippen LogP contribution in [-0.4, -0.2) is 33.9 Å².